The Balaban J connectivity index is 2.36. The molecular weight excluding hydrogens is 222 g/mol. The van der Waals surface area contributed by atoms with E-state index >= 15 is 0 Å². The summed E-state index contributed by atoms with van der Waals surface area (Å²) in [4.78, 5) is 0. The van der Waals surface area contributed by atoms with Crippen LogP contribution in [0, 0.1) is 0 Å². The first kappa shape index (κ1) is 15.2. The third-order valence-electron chi connectivity index (χ3n) is 3.39. The molecule has 1 aromatic rings. The summed E-state index contributed by atoms with van der Waals surface area (Å²) < 4.78 is 2.01. The maximum absolute atomic E-state index is 4.35. The summed E-state index contributed by atoms with van der Waals surface area (Å²) in [7, 11) is 0. The quantitative estimate of drug-likeness (QED) is 0.646. The van der Waals surface area contributed by atoms with Gasteiger partial charge in [-0.1, -0.05) is 39.5 Å². The van der Waals surface area contributed by atoms with Crippen LogP contribution in [-0.2, 0) is 13.0 Å². The third-order valence-corrected chi connectivity index (χ3v) is 3.39. The number of nitrogens with zero attached hydrogens (tertiary/aromatic N) is 2. The van der Waals surface area contributed by atoms with Gasteiger partial charge in [-0.3, -0.25) is 4.68 Å². The van der Waals surface area contributed by atoms with Crippen molar-refractivity contribution in [2.75, 3.05) is 6.54 Å². The molecule has 1 heterocycles. The molecule has 1 N–H and O–H groups in total. The van der Waals surface area contributed by atoms with Crippen molar-refractivity contribution < 1.29 is 0 Å². The first-order valence-corrected chi connectivity index (χ1v) is 7.54. The molecule has 0 fully saturated rings. The van der Waals surface area contributed by atoms with Crippen LogP contribution in [-0.4, -0.2) is 22.4 Å². The highest BCUT2D eigenvalue weighted by atomic mass is 15.3. The lowest BCUT2D eigenvalue weighted by Gasteiger charge is -2.16. The number of nitrogens with one attached hydrogen (secondary N) is 1. The van der Waals surface area contributed by atoms with Crippen LogP contribution in [0.3, 0.4) is 0 Å². The van der Waals surface area contributed by atoms with E-state index in [4.69, 9.17) is 0 Å². The van der Waals surface area contributed by atoms with E-state index in [-0.39, 0.29) is 0 Å². The molecule has 1 unspecified atom stereocenters. The number of likely N-dealkylation sites (N-methyl/N-ethyl adjacent to an activating group) is 1. The fraction of sp³-hybridized carbons (Fsp3) is 0.800. The van der Waals surface area contributed by atoms with Crippen LogP contribution in [0.1, 0.15) is 58.4 Å². The summed E-state index contributed by atoms with van der Waals surface area (Å²) in [5.74, 6) is 0. The Labute approximate surface area is 112 Å². The Morgan fingerprint density at radius 2 is 2.06 bits per heavy atom. The minimum Gasteiger partial charge on any atom is -0.314 e. The minimum atomic E-state index is 0.612. The average Bonchev–Trinajstić information content (AvgIpc) is 2.82. The Morgan fingerprint density at radius 3 is 2.67 bits per heavy atom. The van der Waals surface area contributed by atoms with Gasteiger partial charge in [0, 0.05) is 18.8 Å². The van der Waals surface area contributed by atoms with E-state index in [0.717, 1.165) is 19.5 Å². The SMILES string of the molecule is CCCCCCC(Cc1cnn(CC)c1)NCC. The predicted octanol–water partition coefficient (Wildman–Crippen LogP) is 3.39. The Hall–Kier alpha value is -0.830. The van der Waals surface area contributed by atoms with Crippen LogP contribution in [0.5, 0.6) is 0 Å². The average molecular weight is 251 g/mol. The molecule has 18 heavy (non-hydrogen) atoms. The zero-order chi connectivity index (χ0) is 13.2. The molecule has 0 aliphatic heterocycles. The summed E-state index contributed by atoms with van der Waals surface area (Å²) in [6.45, 7) is 8.60. The van der Waals surface area contributed by atoms with E-state index in [2.05, 4.69) is 37.4 Å². The molecular formula is C15H29N3. The summed E-state index contributed by atoms with van der Waals surface area (Å²) in [6.07, 6.45) is 12.0. The normalized spacial score (nSPS) is 12.8. The molecule has 0 bridgehead atoms. The van der Waals surface area contributed by atoms with Crippen molar-refractivity contribution in [1.82, 2.24) is 15.1 Å². The molecule has 104 valence electrons. The lowest BCUT2D eigenvalue weighted by Crippen LogP contribution is -2.30. The van der Waals surface area contributed by atoms with Crippen LogP contribution >= 0.6 is 0 Å². The second-order valence-corrected chi connectivity index (χ2v) is 5.01. The Bertz CT molecular complexity index is 306. The molecule has 0 aliphatic carbocycles. The highest BCUT2D eigenvalue weighted by molar-refractivity contribution is 5.06. The number of unbranched alkanes of at least 4 members (excludes halogenated alkanes) is 3. The van der Waals surface area contributed by atoms with Gasteiger partial charge in [0.2, 0.25) is 0 Å². The first-order valence-electron chi connectivity index (χ1n) is 7.54. The van der Waals surface area contributed by atoms with E-state index in [1.807, 2.05) is 10.9 Å². The summed E-state index contributed by atoms with van der Waals surface area (Å²) >= 11 is 0. The first-order chi connectivity index (χ1) is 8.80. The number of aromatic nitrogens is 2. The molecule has 0 saturated heterocycles. The molecule has 0 aromatic carbocycles. The second-order valence-electron chi connectivity index (χ2n) is 5.01. The van der Waals surface area contributed by atoms with Crippen LogP contribution in [0.2, 0.25) is 0 Å². The van der Waals surface area contributed by atoms with Gasteiger partial charge < -0.3 is 5.32 Å². The van der Waals surface area contributed by atoms with Gasteiger partial charge in [-0.2, -0.15) is 5.10 Å². The van der Waals surface area contributed by atoms with Crippen LogP contribution in [0.4, 0.5) is 0 Å². The lowest BCUT2D eigenvalue weighted by molar-refractivity contribution is 0.463. The standard InChI is InChI=1S/C15H29N3/c1-4-7-8-9-10-15(16-5-2)11-14-12-17-18(6-3)13-14/h12-13,15-16H,4-11H2,1-3H3. The minimum absolute atomic E-state index is 0.612. The second kappa shape index (κ2) is 9.15. The van der Waals surface area contributed by atoms with Crippen molar-refractivity contribution in [3.63, 3.8) is 0 Å². The van der Waals surface area contributed by atoms with Crippen molar-refractivity contribution in [3.8, 4) is 0 Å². The third kappa shape index (κ3) is 5.67. The molecule has 3 heteroatoms. The molecule has 0 aliphatic rings. The van der Waals surface area contributed by atoms with Crippen molar-refractivity contribution in [2.45, 2.75) is 71.9 Å². The Morgan fingerprint density at radius 1 is 1.22 bits per heavy atom. The van der Waals surface area contributed by atoms with E-state index in [0.29, 0.717) is 6.04 Å². The number of aryl methyl sites for hydroxylation is 1. The van der Waals surface area contributed by atoms with E-state index < -0.39 is 0 Å². The van der Waals surface area contributed by atoms with Crippen molar-refractivity contribution in [3.05, 3.63) is 18.0 Å². The van der Waals surface area contributed by atoms with Gasteiger partial charge in [-0.05, 0) is 31.9 Å². The summed E-state index contributed by atoms with van der Waals surface area (Å²) in [5.41, 5.74) is 1.36. The van der Waals surface area contributed by atoms with E-state index in [1.165, 1.54) is 37.7 Å². The van der Waals surface area contributed by atoms with Crippen LogP contribution in [0.25, 0.3) is 0 Å². The zero-order valence-corrected chi connectivity index (χ0v) is 12.3. The lowest BCUT2D eigenvalue weighted by atomic mass is 10.0. The monoisotopic (exact) mass is 251 g/mol. The predicted molar refractivity (Wildman–Crippen MR) is 77.8 cm³/mol. The smallest absolute Gasteiger partial charge is 0.0522 e. The highest BCUT2D eigenvalue weighted by Crippen LogP contribution is 2.10. The van der Waals surface area contributed by atoms with Gasteiger partial charge in [0.25, 0.3) is 0 Å². The van der Waals surface area contributed by atoms with E-state index in [1.54, 1.807) is 0 Å². The Kier molecular flexibility index (Phi) is 7.74. The fourth-order valence-corrected chi connectivity index (χ4v) is 2.35. The number of hydrogen-bond acceptors (Lipinski definition) is 2. The fourth-order valence-electron chi connectivity index (χ4n) is 2.35. The molecule has 0 spiro atoms. The summed E-state index contributed by atoms with van der Waals surface area (Å²) in [6, 6.07) is 0.612. The molecule has 3 nitrogen and oxygen atoms in total. The molecule has 0 amide bonds. The topological polar surface area (TPSA) is 29.9 Å². The highest BCUT2D eigenvalue weighted by Gasteiger charge is 2.09. The van der Waals surface area contributed by atoms with Gasteiger partial charge in [0.05, 0.1) is 6.20 Å². The van der Waals surface area contributed by atoms with Crippen LogP contribution in [0.15, 0.2) is 12.4 Å². The number of rotatable bonds is 10. The van der Waals surface area contributed by atoms with Gasteiger partial charge in [0.15, 0.2) is 0 Å². The maximum atomic E-state index is 4.35. The zero-order valence-electron chi connectivity index (χ0n) is 12.3. The van der Waals surface area contributed by atoms with E-state index in [9.17, 15) is 0 Å². The van der Waals surface area contributed by atoms with Gasteiger partial charge in [-0.25, -0.2) is 0 Å². The van der Waals surface area contributed by atoms with Gasteiger partial charge in [-0.15, -0.1) is 0 Å². The van der Waals surface area contributed by atoms with Crippen LogP contribution < -0.4 is 5.32 Å². The van der Waals surface area contributed by atoms with Crippen molar-refractivity contribution in [2.24, 2.45) is 0 Å². The largest absolute Gasteiger partial charge is 0.314 e. The molecule has 1 rings (SSSR count). The van der Waals surface area contributed by atoms with Crippen molar-refractivity contribution >= 4 is 0 Å². The molecule has 0 radical (unpaired) electrons. The van der Waals surface area contributed by atoms with Crippen molar-refractivity contribution in [1.29, 1.82) is 0 Å². The summed E-state index contributed by atoms with van der Waals surface area (Å²) in [5, 5.41) is 7.94. The van der Waals surface area contributed by atoms with Gasteiger partial charge in [0.1, 0.15) is 0 Å². The molecule has 1 aromatic heterocycles. The molecule has 0 saturated carbocycles. The maximum Gasteiger partial charge on any atom is 0.0522 e. The molecule has 1 atom stereocenters. The number of hydrogen-bond donors (Lipinski definition) is 1. The van der Waals surface area contributed by atoms with Gasteiger partial charge >= 0.3 is 0 Å².